The van der Waals surface area contributed by atoms with Crippen LogP contribution in [0.5, 0.6) is 0 Å². The molecule has 0 radical (unpaired) electrons. The third-order valence-corrected chi connectivity index (χ3v) is 4.53. The molecule has 3 amide bonds. The molecule has 0 bridgehead atoms. The van der Waals surface area contributed by atoms with Crippen molar-refractivity contribution in [1.29, 1.82) is 0 Å². The third kappa shape index (κ3) is 2.75. The van der Waals surface area contributed by atoms with Gasteiger partial charge in [-0.2, -0.15) is 0 Å². The van der Waals surface area contributed by atoms with Crippen LogP contribution in [0, 0.1) is 0 Å². The molecule has 2 heterocycles. The fourth-order valence-corrected chi connectivity index (χ4v) is 3.50. The Morgan fingerprint density at radius 1 is 1.30 bits per heavy atom. The van der Waals surface area contributed by atoms with Gasteiger partial charge >= 0.3 is 0 Å². The highest BCUT2D eigenvalue weighted by Gasteiger charge is 2.33. The summed E-state index contributed by atoms with van der Waals surface area (Å²) < 4.78 is 1.74. The van der Waals surface area contributed by atoms with Gasteiger partial charge in [-0.1, -0.05) is 18.2 Å². The summed E-state index contributed by atoms with van der Waals surface area (Å²) in [6.07, 6.45) is 3.47. The number of benzene rings is 1. The summed E-state index contributed by atoms with van der Waals surface area (Å²) in [5.41, 5.74) is 6.92. The van der Waals surface area contributed by atoms with Crippen molar-refractivity contribution in [2.75, 3.05) is 6.54 Å². The predicted octanol–water partition coefficient (Wildman–Crippen LogP) is 2.18. The van der Waals surface area contributed by atoms with Gasteiger partial charge < -0.3 is 10.3 Å². The Morgan fingerprint density at radius 3 is 2.70 bits per heavy atom. The van der Waals surface area contributed by atoms with Crippen LogP contribution >= 0.6 is 11.8 Å². The Morgan fingerprint density at radius 2 is 2.04 bits per heavy atom. The Bertz CT molecular complexity index is 853. The zero-order valence-electron chi connectivity index (χ0n) is 12.5. The number of carbonyl (C=O) groups excluding carboxylic acids is 3. The molecule has 23 heavy (non-hydrogen) atoms. The first-order valence-corrected chi connectivity index (χ1v) is 7.94. The quantitative estimate of drug-likeness (QED) is 0.871. The van der Waals surface area contributed by atoms with E-state index in [0.29, 0.717) is 11.4 Å². The number of amides is 3. The minimum Gasteiger partial charge on any atom is -0.368 e. The minimum atomic E-state index is -0.441. The van der Waals surface area contributed by atoms with Crippen molar-refractivity contribution in [2.45, 2.75) is 13.5 Å². The molecule has 1 aromatic heterocycles. The summed E-state index contributed by atoms with van der Waals surface area (Å²) in [6, 6.07) is 7.54. The summed E-state index contributed by atoms with van der Waals surface area (Å²) in [5, 5.41) is 0.640. The van der Waals surface area contributed by atoms with Crippen molar-refractivity contribution in [2.24, 2.45) is 5.73 Å². The zero-order chi connectivity index (χ0) is 16.6. The lowest BCUT2D eigenvalue weighted by Gasteiger charge is -2.06. The van der Waals surface area contributed by atoms with Gasteiger partial charge in [-0.05, 0) is 30.8 Å². The van der Waals surface area contributed by atoms with Crippen LogP contribution in [0.25, 0.3) is 17.0 Å². The number of nitrogens with zero attached hydrogens (tertiary/aromatic N) is 2. The molecule has 7 heteroatoms. The highest BCUT2D eigenvalue weighted by atomic mass is 32.2. The zero-order valence-corrected chi connectivity index (χ0v) is 13.3. The first-order chi connectivity index (χ1) is 11.0. The summed E-state index contributed by atoms with van der Waals surface area (Å²) >= 11 is 0.931. The van der Waals surface area contributed by atoms with Crippen LogP contribution in [-0.4, -0.2) is 33.1 Å². The molecule has 0 atom stereocenters. The molecule has 0 aliphatic carbocycles. The molecule has 2 aromatic rings. The van der Waals surface area contributed by atoms with E-state index in [1.165, 1.54) is 4.90 Å². The molecule has 3 rings (SSSR count). The number of para-hydroxylation sites is 1. The summed E-state index contributed by atoms with van der Waals surface area (Å²) in [6.45, 7) is 2.17. The van der Waals surface area contributed by atoms with Crippen LogP contribution in [0.2, 0.25) is 0 Å². The molecule has 1 fully saturated rings. The van der Waals surface area contributed by atoms with E-state index in [9.17, 15) is 14.4 Å². The van der Waals surface area contributed by atoms with Crippen LogP contribution in [-0.2, 0) is 16.1 Å². The Kier molecular flexibility index (Phi) is 3.96. The molecule has 2 N–H and O–H groups in total. The normalized spacial score (nSPS) is 16.7. The van der Waals surface area contributed by atoms with Crippen LogP contribution in [0.3, 0.4) is 0 Å². The summed E-state index contributed by atoms with van der Waals surface area (Å²) in [4.78, 5) is 36.8. The average Bonchev–Trinajstić information content (AvgIpc) is 2.98. The molecule has 0 saturated carbocycles. The van der Waals surface area contributed by atoms with Crippen molar-refractivity contribution in [3.8, 4) is 0 Å². The van der Waals surface area contributed by atoms with Crippen molar-refractivity contribution < 1.29 is 14.4 Å². The fraction of sp³-hybridized carbons (Fsp3) is 0.188. The molecule has 6 nitrogen and oxygen atoms in total. The maximum Gasteiger partial charge on any atom is 0.293 e. The first kappa shape index (κ1) is 15.4. The van der Waals surface area contributed by atoms with E-state index in [0.717, 1.165) is 28.2 Å². The number of primary amides is 1. The molecule has 0 unspecified atom stereocenters. The lowest BCUT2D eigenvalue weighted by Crippen LogP contribution is -2.27. The molecule has 1 aliphatic rings. The SMILES string of the molecule is CCN1C(=O)SC(=Cc2cn(CC(N)=O)c3ccccc23)C1=O. The van der Waals surface area contributed by atoms with Crippen molar-refractivity contribution in [3.63, 3.8) is 0 Å². The van der Waals surface area contributed by atoms with Gasteiger partial charge in [0.05, 0.1) is 4.91 Å². The van der Waals surface area contributed by atoms with Gasteiger partial charge in [0.15, 0.2) is 0 Å². The summed E-state index contributed by atoms with van der Waals surface area (Å²) in [5.74, 6) is -0.724. The number of thioether (sulfide) groups is 1. The van der Waals surface area contributed by atoms with Gasteiger partial charge in [0.25, 0.3) is 11.1 Å². The lowest BCUT2D eigenvalue weighted by atomic mass is 10.1. The molecular formula is C16H15N3O3S. The van der Waals surface area contributed by atoms with Crippen LogP contribution < -0.4 is 5.73 Å². The standard InChI is InChI=1S/C16H15N3O3S/c1-2-19-15(21)13(23-16(19)22)7-10-8-18(9-14(17)20)12-6-4-3-5-11(10)12/h3-8H,2,9H2,1H3,(H2,17,20). The van der Waals surface area contributed by atoms with Crippen LogP contribution in [0.1, 0.15) is 12.5 Å². The highest BCUT2D eigenvalue weighted by Crippen LogP contribution is 2.33. The van der Waals surface area contributed by atoms with E-state index in [4.69, 9.17) is 5.73 Å². The largest absolute Gasteiger partial charge is 0.368 e. The maximum absolute atomic E-state index is 12.2. The molecule has 1 aliphatic heterocycles. The second-order valence-corrected chi connectivity index (χ2v) is 6.11. The molecule has 118 valence electrons. The van der Waals surface area contributed by atoms with Crippen molar-refractivity contribution >= 4 is 45.8 Å². The Balaban J connectivity index is 2.07. The number of nitrogens with two attached hydrogens (primary N) is 1. The van der Waals surface area contributed by atoms with E-state index < -0.39 is 5.91 Å². The van der Waals surface area contributed by atoms with Crippen molar-refractivity contribution in [3.05, 3.63) is 40.9 Å². The number of hydrogen-bond donors (Lipinski definition) is 1. The number of rotatable bonds is 4. The topological polar surface area (TPSA) is 85.4 Å². The van der Waals surface area contributed by atoms with E-state index in [1.807, 2.05) is 24.3 Å². The van der Waals surface area contributed by atoms with Crippen LogP contribution in [0.4, 0.5) is 4.79 Å². The van der Waals surface area contributed by atoms with E-state index >= 15 is 0 Å². The highest BCUT2D eigenvalue weighted by molar-refractivity contribution is 8.18. The van der Waals surface area contributed by atoms with E-state index in [1.54, 1.807) is 23.8 Å². The molecule has 1 saturated heterocycles. The number of fused-ring (bicyclic) bond motifs is 1. The van der Waals surface area contributed by atoms with Gasteiger partial charge in [-0.3, -0.25) is 19.3 Å². The maximum atomic E-state index is 12.2. The number of carbonyl (C=O) groups is 3. The van der Waals surface area contributed by atoms with Crippen LogP contribution in [0.15, 0.2) is 35.4 Å². The van der Waals surface area contributed by atoms with Gasteiger partial charge in [0, 0.05) is 29.2 Å². The predicted molar refractivity (Wildman–Crippen MR) is 89.5 cm³/mol. The van der Waals surface area contributed by atoms with E-state index in [2.05, 4.69) is 0 Å². The van der Waals surface area contributed by atoms with E-state index in [-0.39, 0.29) is 17.7 Å². The van der Waals surface area contributed by atoms with Crippen molar-refractivity contribution in [1.82, 2.24) is 9.47 Å². The second-order valence-electron chi connectivity index (χ2n) is 5.12. The van der Waals surface area contributed by atoms with Gasteiger partial charge in [0.1, 0.15) is 6.54 Å². The van der Waals surface area contributed by atoms with Gasteiger partial charge in [0.2, 0.25) is 5.91 Å². The second kappa shape index (κ2) is 5.92. The fourth-order valence-electron chi connectivity index (χ4n) is 2.60. The smallest absolute Gasteiger partial charge is 0.293 e. The first-order valence-electron chi connectivity index (χ1n) is 7.12. The third-order valence-electron chi connectivity index (χ3n) is 3.62. The molecule has 0 spiro atoms. The van der Waals surface area contributed by atoms with Gasteiger partial charge in [-0.25, -0.2) is 0 Å². The average molecular weight is 329 g/mol. The number of hydrogen-bond acceptors (Lipinski definition) is 4. The number of likely N-dealkylation sites (N-methyl/N-ethyl adjacent to an activating group) is 1. The molecular weight excluding hydrogens is 314 g/mol. The Labute approximate surface area is 136 Å². The summed E-state index contributed by atoms with van der Waals surface area (Å²) in [7, 11) is 0. The minimum absolute atomic E-state index is 0.0603. The van der Waals surface area contributed by atoms with Gasteiger partial charge in [-0.15, -0.1) is 0 Å². The number of imide groups is 1. The molecule has 1 aromatic carbocycles. The monoisotopic (exact) mass is 329 g/mol. The lowest BCUT2D eigenvalue weighted by molar-refractivity contribution is -0.122. The number of aromatic nitrogens is 1. The Hall–Kier alpha value is -2.54.